The van der Waals surface area contributed by atoms with Gasteiger partial charge in [0.1, 0.15) is 12.4 Å². The van der Waals surface area contributed by atoms with E-state index in [1.165, 1.54) is 11.8 Å². The van der Waals surface area contributed by atoms with Crippen LogP contribution in [0.25, 0.3) is 6.08 Å². The maximum Gasteiger partial charge on any atom is 0.286 e. The van der Waals surface area contributed by atoms with Gasteiger partial charge in [-0.1, -0.05) is 55.5 Å². The van der Waals surface area contributed by atoms with Gasteiger partial charge in [-0.05, 0) is 48.2 Å². The first-order chi connectivity index (χ1) is 13.7. The van der Waals surface area contributed by atoms with Crippen molar-refractivity contribution in [3.05, 3.63) is 70.6 Å². The number of para-hydroxylation sites is 1. The van der Waals surface area contributed by atoms with Crippen LogP contribution in [0.15, 0.2) is 64.5 Å². The molecular formula is C23H24N2O2S. The van der Waals surface area contributed by atoms with Crippen molar-refractivity contribution in [2.45, 2.75) is 26.4 Å². The molecule has 144 valence electrons. The highest BCUT2D eigenvalue weighted by molar-refractivity contribution is 8.18. The Morgan fingerprint density at radius 1 is 1.11 bits per heavy atom. The molecule has 1 fully saturated rings. The van der Waals surface area contributed by atoms with Gasteiger partial charge in [0.2, 0.25) is 0 Å². The topological polar surface area (TPSA) is 41.9 Å². The zero-order chi connectivity index (χ0) is 19.3. The Kier molecular flexibility index (Phi) is 5.81. The highest BCUT2D eigenvalue weighted by Gasteiger charge is 2.28. The zero-order valence-electron chi connectivity index (χ0n) is 16.0. The summed E-state index contributed by atoms with van der Waals surface area (Å²) in [7, 11) is 0. The summed E-state index contributed by atoms with van der Waals surface area (Å²) in [4.78, 5) is 19.6. The summed E-state index contributed by atoms with van der Waals surface area (Å²) in [6.07, 6.45) is 4.21. The normalized spacial score (nSPS) is 19.2. The Morgan fingerprint density at radius 3 is 2.61 bits per heavy atom. The van der Waals surface area contributed by atoms with Gasteiger partial charge >= 0.3 is 0 Å². The molecule has 2 aliphatic heterocycles. The number of nitrogens with zero attached hydrogens (tertiary/aromatic N) is 2. The molecule has 2 aromatic rings. The lowest BCUT2D eigenvalue weighted by Gasteiger charge is -2.30. The van der Waals surface area contributed by atoms with E-state index in [9.17, 15) is 4.79 Å². The predicted molar refractivity (Wildman–Crippen MR) is 115 cm³/mol. The minimum absolute atomic E-state index is 0.156. The molecule has 0 atom stereocenters. The van der Waals surface area contributed by atoms with E-state index in [0.717, 1.165) is 53.9 Å². The summed E-state index contributed by atoms with van der Waals surface area (Å²) in [6, 6.07) is 17.9. The van der Waals surface area contributed by atoms with Crippen LogP contribution < -0.4 is 4.74 Å². The van der Waals surface area contributed by atoms with E-state index in [1.807, 2.05) is 60.7 Å². The van der Waals surface area contributed by atoms with Crippen LogP contribution in [0.3, 0.4) is 0 Å². The lowest BCUT2D eigenvalue weighted by molar-refractivity contribution is -0.113. The molecule has 2 heterocycles. The van der Waals surface area contributed by atoms with E-state index in [4.69, 9.17) is 4.74 Å². The van der Waals surface area contributed by atoms with Crippen molar-refractivity contribution in [1.82, 2.24) is 4.90 Å². The van der Waals surface area contributed by atoms with E-state index in [-0.39, 0.29) is 5.91 Å². The fourth-order valence-electron chi connectivity index (χ4n) is 3.34. The monoisotopic (exact) mass is 392 g/mol. The largest absolute Gasteiger partial charge is 0.488 e. The van der Waals surface area contributed by atoms with Gasteiger partial charge in [-0.2, -0.15) is 4.99 Å². The molecular weight excluding hydrogens is 368 g/mol. The standard InChI is InChI=1S/C23H24N2O2S/c1-17-11-13-25(14-12-17)23-24-22(26)21(28-23)15-19-9-5-6-10-20(19)27-16-18-7-3-2-4-8-18/h2-10,15,17H,11-14,16H2,1H3/b21-15+. The van der Waals surface area contributed by atoms with Gasteiger partial charge in [0.25, 0.3) is 5.91 Å². The van der Waals surface area contributed by atoms with Crippen LogP contribution in [0.4, 0.5) is 0 Å². The Balaban J connectivity index is 1.46. The van der Waals surface area contributed by atoms with Crippen molar-refractivity contribution in [2.24, 2.45) is 10.9 Å². The van der Waals surface area contributed by atoms with Crippen LogP contribution in [0.5, 0.6) is 5.75 Å². The number of aliphatic imine (C=N–C) groups is 1. The number of benzene rings is 2. The molecule has 0 aromatic heterocycles. The number of amidine groups is 1. The number of hydrogen-bond donors (Lipinski definition) is 0. The summed E-state index contributed by atoms with van der Waals surface area (Å²) < 4.78 is 6.01. The number of carbonyl (C=O) groups is 1. The SMILES string of the molecule is CC1CCN(C2=NC(=O)/C(=C\c3ccccc3OCc3ccccc3)S2)CC1. The minimum Gasteiger partial charge on any atom is -0.488 e. The Bertz CT molecular complexity index is 900. The molecule has 0 radical (unpaired) electrons. The van der Waals surface area contributed by atoms with Gasteiger partial charge in [0.15, 0.2) is 5.17 Å². The number of amides is 1. The van der Waals surface area contributed by atoms with Gasteiger partial charge < -0.3 is 9.64 Å². The Morgan fingerprint density at radius 2 is 1.82 bits per heavy atom. The van der Waals surface area contributed by atoms with E-state index in [0.29, 0.717) is 11.5 Å². The number of hydrogen-bond acceptors (Lipinski definition) is 4. The van der Waals surface area contributed by atoms with Crippen molar-refractivity contribution in [3.8, 4) is 5.75 Å². The second-order valence-corrected chi connectivity index (χ2v) is 8.30. The molecule has 0 bridgehead atoms. The van der Waals surface area contributed by atoms with Gasteiger partial charge in [0, 0.05) is 18.7 Å². The first-order valence-electron chi connectivity index (χ1n) is 9.72. The molecule has 2 aliphatic rings. The molecule has 1 saturated heterocycles. The summed E-state index contributed by atoms with van der Waals surface area (Å²) in [5, 5.41) is 0.839. The molecule has 5 heteroatoms. The second kappa shape index (κ2) is 8.65. The van der Waals surface area contributed by atoms with Gasteiger partial charge in [-0.3, -0.25) is 4.79 Å². The average molecular weight is 393 g/mol. The maximum absolute atomic E-state index is 12.4. The molecule has 0 saturated carbocycles. The Hall–Kier alpha value is -2.53. The van der Waals surface area contributed by atoms with Crippen LogP contribution in [-0.2, 0) is 11.4 Å². The highest BCUT2D eigenvalue weighted by Crippen LogP contribution is 2.33. The molecule has 2 aromatic carbocycles. The molecule has 0 unspecified atom stereocenters. The van der Waals surface area contributed by atoms with Crippen molar-refractivity contribution < 1.29 is 9.53 Å². The van der Waals surface area contributed by atoms with Crippen molar-refractivity contribution in [3.63, 3.8) is 0 Å². The molecule has 28 heavy (non-hydrogen) atoms. The van der Waals surface area contributed by atoms with E-state index < -0.39 is 0 Å². The summed E-state index contributed by atoms with van der Waals surface area (Å²) in [6.45, 7) is 4.73. The minimum atomic E-state index is -0.156. The number of piperidine rings is 1. The second-order valence-electron chi connectivity index (χ2n) is 7.29. The number of thioether (sulfide) groups is 1. The molecule has 4 nitrogen and oxygen atoms in total. The smallest absolute Gasteiger partial charge is 0.286 e. The number of carbonyl (C=O) groups excluding carboxylic acids is 1. The first-order valence-corrected chi connectivity index (χ1v) is 10.5. The maximum atomic E-state index is 12.4. The third-order valence-electron chi connectivity index (χ3n) is 5.11. The molecule has 4 rings (SSSR count). The summed E-state index contributed by atoms with van der Waals surface area (Å²) in [5.41, 5.74) is 2.01. The lowest BCUT2D eigenvalue weighted by atomic mass is 10.00. The fourth-order valence-corrected chi connectivity index (χ4v) is 4.30. The number of rotatable bonds is 4. The highest BCUT2D eigenvalue weighted by atomic mass is 32.2. The first kappa shape index (κ1) is 18.8. The van der Waals surface area contributed by atoms with E-state index in [1.54, 1.807) is 0 Å². The predicted octanol–water partition coefficient (Wildman–Crippen LogP) is 4.97. The van der Waals surface area contributed by atoms with E-state index in [2.05, 4.69) is 16.8 Å². The van der Waals surface area contributed by atoms with Crippen LogP contribution in [0.2, 0.25) is 0 Å². The van der Waals surface area contributed by atoms with Crippen molar-refractivity contribution in [1.29, 1.82) is 0 Å². The van der Waals surface area contributed by atoms with E-state index >= 15 is 0 Å². The van der Waals surface area contributed by atoms with Crippen molar-refractivity contribution in [2.75, 3.05) is 13.1 Å². The third kappa shape index (κ3) is 4.47. The molecule has 0 spiro atoms. The number of likely N-dealkylation sites (tertiary alicyclic amines) is 1. The number of ether oxygens (including phenoxy) is 1. The van der Waals surface area contributed by atoms with Gasteiger partial charge in [0.05, 0.1) is 4.91 Å². The molecule has 1 amide bonds. The van der Waals surface area contributed by atoms with Crippen LogP contribution >= 0.6 is 11.8 Å². The average Bonchev–Trinajstić information content (AvgIpc) is 3.09. The lowest BCUT2D eigenvalue weighted by Crippen LogP contribution is -2.35. The summed E-state index contributed by atoms with van der Waals surface area (Å²) in [5.74, 6) is 1.37. The third-order valence-corrected chi connectivity index (χ3v) is 6.15. The van der Waals surface area contributed by atoms with Crippen LogP contribution in [0.1, 0.15) is 30.9 Å². The molecule has 0 aliphatic carbocycles. The van der Waals surface area contributed by atoms with Crippen LogP contribution in [0, 0.1) is 5.92 Å². The summed E-state index contributed by atoms with van der Waals surface area (Å²) >= 11 is 1.48. The van der Waals surface area contributed by atoms with Gasteiger partial charge in [-0.25, -0.2) is 0 Å². The van der Waals surface area contributed by atoms with Gasteiger partial charge in [-0.15, -0.1) is 0 Å². The zero-order valence-corrected chi connectivity index (χ0v) is 16.8. The molecule has 0 N–H and O–H groups in total. The Labute approximate surface area is 170 Å². The fraction of sp³-hybridized carbons (Fsp3) is 0.304. The van der Waals surface area contributed by atoms with Crippen molar-refractivity contribution >= 4 is 28.9 Å². The quantitative estimate of drug-likeness (QED) is 0.689. The van der Waals surface area contributed by atoms with Crippen LogP contribution in [-0.4, -0.2) is 29.1 Å².